The van der Waals surface area contributed by atoms with Crippen LogP contribution in [0.5, 0.6) is 0 Å². The quantitative estimate of drug-likeness (QED) is 0.442. The van der Waals surface area contributed by atoms with E-state index >= 15 is 0 Å². The number of morpholine rings is 1. The number of ether oxygens (including phenoxy) is 1. The van der Waals surface area contributed by atoms with Gasteiger partial charge in [0.1, 0.15) is 12.2 Å². The van der Waals surface area contributed by atoms with Crippen molar-refractivity contribution in [2.45, 2.75) is 69.9 Å². The molecule has 2 aromatic rings. The molecule has 3 unspecified atom stereocenters. The zero-order valence-corrected chi connectivity index (χ0v) is 23.6. The first-order valence-electron chi connectivity index (χ1n) is 12.7. The Bertz CT molecular complexity index is 1270. The predicted molar refractivity (Wildman–Crippen MR) is 146 cm³/mol. The van der Waals surface area contributed by atoms with Crippen molar-refractivity contribution in [2.75, 3.05) is 12.3 Å². The first-order chi connectivity index (χ1) is 18.0. The summed E-state index contributed by atoms with van der Waals surface area (Å²) < 4.78 is 34.8. The van der Waals surface area contributed by atoms with Gasteiger partial charge < -0.3 is 14.7 Å². The molecule has 2 aromatic carbocycles. The lowest BCUT2D eigenvalue weighted by atomic mass is 9.89. The minimum Gasteiger partial charge on any atom is -0.481 e. The van der Waals surface area contributed by atoms with Gasteiger partial charge in [-0.1, -0.05) is 54.4 Å². The number of carboxylic acids is 1. The van der Waals surface area contributed by atoms with E-state index in [9.17, 15) is 23.1 Å². The topological polar surface area (TPSA) is 104 Å². The molecular weight excluding hydrogens is 551 g/mol. The summed E-state index contributed by atoms with van der Waals surface area (Å²) >= 11 is 12.4. The molecule has 2 aliphatic rings. The summed E-state index contributed by atoms with van der Waals surface area (Å²) in [6.45, 7) is 4.17. The lowest BCUT2D eigenvalue weighted by molar-refractivity contribution is -0.182. The molecule has 8 nitrogen and oxygen atoms in total. The van der Waals surface area contributed by atoms with Crippen molar-refractivity contribution in [3.05, 3.63) is 69.7 Å². The molecule has 0 aliphatic carbocycles. The number of carbonyl (C=O) groups excluding carboxylic acids is 1. The van der Waals surface area contributed by atoms with Crippen LogP contribution in [-0.4, -0.2) is 65.1 Å². The third kappa shape index (κ3) is 6.18. The van der Waals surface area contributed by atoms with Crippen LogP contribution < -0.4 is 0 Å². The van der Waals surface area contributed by atoms with Gasteiger partial charge in [-0.05, 0) is 61.6 Å². The normalized spacial score (nSPS) is 25.5. The van der Waals surface area contributed by atoms with Gasteiger partial charge in [-0.25, -0.2) is 8.42 Å². The maximum absolute atomic E-state index is 13.9. The van der Waals surface area contributed by atoms with Crippen molar-refractivity contribution in [1.82, 2.24) is 9.21 Å². The van der Waals surface area contributed by atoms with Gasteiger partial charge in [-0.2, -0.15) is 4.31 Å². The van der Waals surface area contributed by atoms with Crippen molar-refractivity contribution in [2.24, 2.45) is 0 Å². The van der Waals surface area contributed by atoms with E-state index in [0.29, 0.717) is 34.1 Å². The van der Waals surface area contributed by atoms with Gasteiger partial charge in [-0.3, -0.25) is 9.59 Å². The molecule has 0 saturated carbocycles. The number of carboxylic acid groups (broad SMARTS) is 1. The Kier molecular flexibility index (Phi) is 9.04. The largest absolute Gasteiger partial charge is 0.481 e. The van der Waals surface area contributed by atoms with Crippen LogP contribution in [0.15, 0.2) is 48.5 Å². The minimum atomic E-state index is -3.69. The molecule has 0 bridgehead atoms. The van der Waals surface area contributed by atoms with E-state index in [2.05, 4.69) is 0 Å². The van der Waals surface area contributed by atoms with Crippen molar-refractivity contribution in [1.29, 1.82) is 0 Å². The first-order valence-corrected chi connectivity index (χ1v) is 15.1. The number of rotatable bonds is 9. The molecule has 206 valence electrons. The highest BCUT2D eigenvalue weighted by Gasteiger charge is 2.48. The minimum absolute atomic E-state index is 0.107. The fourth-order valence-corrected chi connectivity index (χ4v) is 7.91. The molecule has 0 spiro atoms. The van der Waals surface area contributed by atoms with E-state index in [1.807, 2.05) is 13.8 Å². The lowest BCUT2D eigenvalue weighted by Crippen LogP contribution is -2.57. The number of sulfonamides is 1. The van der Waals surface area contributed by atoms with Crippen molar-refractivity contribution < 1.29 is 27.9 Å². The van der Waals surface area contributed by atoms with Gasteiger partial charge in [0.2, 0.25) is 10.0 Å². The maximum Gasteiger partial charge on any atom is 0.306 e. The van der Waals surface area contributed by atoms with Crippen LogP contribution in [0.1, 0.15) is 62.8 Å². The Labute approximate surface area is 233 Å². The predicted octanol–water partition coefficient (Wildman–Crippen LogP) is 5.07. The molecule has 0 aromatic heterocycles. The highest BCUT2D eigenvalue weighted by atomic mass is 35.5. The van der Waals surface area contributed by atoms with E-state index in [0.717, 1.165) is 12.8 Å². The summed E-state index contributed by atoms with van der Waals surface area (Å²) in [4.78, 5) is 27.1. The van der Waals surface area contributed by atoms with Crippen LogP contribution >= 0.6 is 23.2 Å². The number of amides is 1. The molecule has 2 fully saturated rings. The summed E-state index contributed by atoms with van der Waals surface area (Å²) in [5, 5.41) is 10.5. The smallest absolute Gasteiger partial charge is 0.306 e. The average Bonchev–Trinajstić information content (AvgIpc) is 3.31. The first kappa shape index (κ1) is 28.8. The number of carbonyl (C=O) groups is 2. The summed E-state index contributed by atoms with van der Waals surface area (Å²) in [6.07, 6.45) is -0.705. The van der Waals surface area contributed by atoms with Gasteiger partial charge in [0.05, 0.1) is 18.2 Å². The van der Waals surface area contributed by atoms with Crippen LogP contribution in [0.2, 0.25) is 10.0 Å². The van der Waals surface area contributed by atoms with E-state index < -0.39 is 52.6 Å². The van der Waals surface area contributed by atoms with Crippen LogP contribution in [0, 0.1) is 0 Å². The third-order valence-electron chi connectivity index (χ3n) is 7.29. The van der Waals surface area contributed by atoms with Crippen LogP contribution in [0.25, 0.3) is 0 Å². The summed E-state index contributed by atoms with van der Waals surface area (Å²) in [6, 6.07) is 12.4. The molecular formula is C27H32Cl2N2O6S. The second-order valence-corrected chi connectivity index (χ2v) is 12.7. The van der Waals surface area contributed by atoms with E-state index in [4.69, 9.17) is 27.9 Å². The molecule has 1 N–H and O–H groups in total. The van der Waals surface area contributed by atoms with Crippen LogP contribution in [-0.2, 0) is 24.3 Å². The van der Waals surface area contributed by atoms with Gasteiger partial charge in [0, 0.05) is 28.7 Å². The highest BCUT2D eigenvalue weighted by Crippen LogP contribution is 2.45. The zero-order chi connectivity index (χ0) is 27.6. The number of benzene rings is 2. The average molecular weight is 584 g/mol. The number of aliphatic carboxylic acids is 1. The Morgan fingerprint density at radius 2 is 1.84 bits per heavy atom. The highest BCUT2D eigenvalue weighted by molar-refractivity contribution is 7.89. The molecule has 1 amide bonds. The lowest BCUT2D eigenvalue weighted by Gasteiger charge is -2.48. The van der Waals surface area contributed by atoms with E-state index in [1.165, 1.54) is 9.21 Å². The molecule has 2 heterocycles. The number of hydrogen-bond donors (Lipinski definition) is 1. The second-order valence-electron chi connectivity index (χ2n) is 9.88. The number of nitrogens with zero attached hydrogens (tertiary/aromatic N) is 2. The Morgan fingerprint density at radius 3 is 2.42 bits per heavy atom. The number of hydrogen-bond acceptors (Lipinski definition) is 5. The standard InChI is InChI=1S/C27H32Cl2N2O6S/c1-3-22(16-38(35,36)30-13-5-6-17(30)2)31-25(18-9-11-20(28)12-10-18)26(19-7-4-8-21(29)14-19)37-23(27(31)34)15-24(32)33/h4,7-12,14,17,22-23,25-26H,3,5-6,13,15-16H2,1-2H3,(H,32,33)/t17-,22?,23?,25?,26-/m1/s1. The molecule has 38 heavy (non-hydrogen) atoms. The SMILES string of the molecule is CCC(CS(=O)(=O)N1CCC[C@H]1C)N1C(=O)C(CC(=O)O)O[C@H](c2cccc(Cl)c2)C1c1ccc(Cl)cc1. The molecule has 11 heteroatoms. The Morgan fingerprint density at radius 1 is 1.13 bits per heavy atom. The molecule has 4 rings (SSSR count). The van der Waals surface area contributed by atoms with Crippen molar-refractivity contribution in [3.8, 4) is 0 Å². The third-order valence-corrected chi connectivity index (χ3v) is 9.84. The summed E-state index contributed by atoms with van der Waals surface area (Å²) in [5.74, 6) is -2.02. The second kappa shape index (κ2) is 11.9. The van der Waals surface area contributed by atoms with Crippen LogP contribution in [0.4, 0.5) is 0 Å². The van der Waals surface area contributed by atoms with Gasteiger partial charge in [0.15, 0.2) is 0 Å². The molecule has 2 saturated heterocycles. The fraction of sp³-hybridized carbons (Fsp3) is 0.481. The fourth-order valence-electron chi connectivity index (χ4n) is 5.45. The van der Waals surface area contributed by atoms with Gasteiger partial charge in [-0.15, -0.1) is 0 Å². The molecule has 2 aliphatic heterocycles. The Hall–Kier alpha value is -2.17. The summed E-state index contributed by atoms with van der Waals surface area (Å²) in [5.41, 5.74) is 1.34. The molecule has 0 radical (unpaired) electrons. The monoisotopic (exact) mass is 582 g/mol. The van der Waals surface area contributed by atoms with Gasteiger partial charge >= 0.3 is 5.97 Å². The van der Waals surface area contributed by atoms with Crippen molar-refractivity contribution in [3.63, 3.8) is 0 Å². The maximum atomic E-state index is 13.9. The zero-order valence-electron chi connectivity index (χ0n) is 21.3. The summed E-state index contributed by atoms with van der Waals surface area (Å²) in [7, 11) is -3.69. The van der Waals surface area contributed by atoms with Gasteiger partial charge in [0.25, 0.3) is 5.91 Å². The molecule has 5 atom stereocenters. The van der Waals surface area contributed by atoms with Crippen LogP contribution in [0.3, 0.4) is 0 Å². The number of halogens is 2. The van der Waals surface area contributed by atoms with E-state index in [-0.39, 0.29) is 11.8 Å². The van der Waals surface area contributed by atoms with Crippen molar-refractivity contribution >= 4 is 45.1 Å². The Balaban J connectivity index is 1.83. The van der Waals surface area contributed by atoms with E-state index in [1.54, 1.807) is 48.5 Å².